The molecule has 0 aliphatic carbocycles. The number of hydrogen-bond acceptors (Lipinski definition) is 4. The zero-order chi connectivity index (χ0) is 16.4. The Morgan fingerprint density at radius 1 is 1.35 bits per heavy atom. The number of likely N-dealkylation sites (tertiary alicyclic amines) is 1. The van der Waals surface area contributed by atoms with E-state index in [-0.39, 0.29) is 11.9 Å². The van der Waals surface area contributed by atoms with Crippen LogP contribution in [0.5, 0.6) is 0 Å². The quantitative estimate of drug-likeness (QED) is 0.864. The summed E-state index contributed by atoms with van der Waals surface area (Å²) in [5.41, 5.74) is 2.80. The van der Waals surface area contributed by atoms with Gasteiger partial charge >= 0.3 is 0 Å². The molecular formula is C17H23N5O. The van der Waals surface area contributed by atoms with Gasteiger partial charge in [-0.3, -0.25) is 14.5 Å². The summed E-state index contributed by atoms with van der Waals surface area (Å²) in [7, 11) is 5.90. The molecule has 6 nitrogen and oxygen atoms in total. The molecule has 0 aromatic carbocycles. The van der Waals surface area contributed by atoms with Crippen LogP contribution in [0.2, 0.25) is 0 Å². The summed E-state index contributed by atoms with van der Waals surface area (Å²) in [4.78, 5) is 21.3. The molecule has 0 saturated carbocycles. The topological polar surface area (TPSA) is 54.3 Å². The predicted molar refractivity (Wildman–Crippen MR) is 87.8 cm³/mol. The Labute approximate surface area is 136 Å². The fourth-order valence-electron chi connectivity index (χ4n) is 3.11. The molecule has 1 fully saturated rings. The Morgan fingerprint density at radius 3 is 2.78 bits per heavy atom. The van der Waals surface area contributed by atoms with E-state index in [4.69, 9.17) is 0 Å². The molecule has 0 bridgehead atoms. The monoisotopic (exact) mass is 313 g/mol. The lowest BCUT2D eigenvalue weighted by atomic mass is 10.1. The highest BCUT2D eigenvalue weighted by Gasteiger charge is 2.31. The van der Waals surface area contributed by atoms with Crippen molar-refractivity contribution < 1.29 is 4.79 Å². The molecule has 1 unspecified atom stereocenters. The van der Waals surface area contributed by atoms with E-state index in [1.807, 2.05) is 32.2 Å². The zero-order valence-corrected chi connectivity index (χ0v) is 13.9. The second-order valence-electron chi connectivity index (χ2n) is 6.39. The van der Waals surface area contributed by atoms with Crippen LogP contribution in [0.1, 0.15) is 40.5 Å². The van der Waals surface area contributed by atoms with Crippen molar-refractivity contribution in [3.8, 4) is 0 Å². The molecule has 2 aromatic rings. The van der Waals surface area contributed by atoms with E-state index in [1.54, 1.807) is 17.1 Å². The minimum Gasteiger partial charge on any atom is -0.330 e. The van der Waals surface area contributed by atoms with E-state index in [9.17, 15) is 4.79 Å². The van der Waals surface area contributed by atoms with Gasteiger partial charge in [0, 0.05) is 32.5 Å². The van der Waals surface area contributed by atoms with Crippen LogP contribution in [0.15, 0.2) is 30.7 Å². The van der Waals surface area contributed by atoms with E-state index in [2.05, 4.69) is 27.1 Å². The van der Waals surface area contributed by atoms with Gasteiger partial charge in [0.2, 0.25) is 0 Å². The van der Waals surface area contributed by atoms with E-state index in [0.717, 1.165) is 31.6 Å². The normalized spacial score (nSPS) is 17.9. The van der Waals surface area contributed by atoms with Crippen molar-refractivity contribution in [2.24, 2.45) is 7.05 Å². The molecule has 1 aliphatic rings. The maximum atomic E-state index is 12.7. The highest BCUT2D eigenvalue weighted by atomic mass is 16.2. The molecule has 1 saturated heterocycles. The Balaban J connectivity index is 1.77. The van der Waals surface area contributed by atoms with Gasteiger partial charge in [-0.15, -0.1) is 0 Å². The summed E-state index contributed by atoms with van der Waals surface area (Å²) < 4.78 is 1.66. The largest absolute Gasteiger partial charge is 0.330 e. The molecule has 3 heterocycles. The van der Waals surface area contributed by atoms with Gasteiger partial charge in [0.25, 0.3) is 5.91 Å². The summed E-state index contributed by atoms with van der Waals surface area (Å²) >= 11 is 0. The van der Waals surface area contributed by atoms with Crippen molar-refractivity contribution >= 4 is 5.91 Å². The number of amides is 1. The Kier molecular flexibility index (Phi) is 4.43. The number of aromatic nitrogens is 3. The number of hydrogen-bond donors (Lipinski definition) is 0. The minimum atomic E-state index is 0.0415. The third kappa shape index (κ3) is 3.42. The van der Waals surface area contributed by atoms with Crippen LogP contribution >= 0.6 is 0 Å². The van der Waals surface area contributed by atoms with Crippen LogP contribution < -0.4 is 0 Å². The van der Waals surface area contributed by atoms with Gasteiger partial charge in [0.15, 0.2) is 0 Å². The summed E-state index contributed by atoms with van der Waals surface area (Å²) in [5.74, 6) is 0.0415. The Morgan fingerprint density at radius 2 is 2.17 bits per heavy atom. The molecule has 1 atom stereocenters. The number of rotatable bonds is 4. The molecule has 3 rings (SSSR count). The SMILES string of the molecule is CN(C)Cc1ccc(C2CCCN2C(=O)c2cnn(C)c2)nc1. The van der Waals surface area contributed by atoms with E-state index in [1.165, 1.54) is 5.56 Å². The molecule has 122 valence electrons. The molecular weight excluding hydrogens is 290 g/mol. The third-order valence-corrected chi connectivity index (χ3v) is 4.15. The molecule has 0 radical (unpaired) electrons. The lowest BCUT2D eigenvalue weighted by Gasteiger charge is -2.24. The average Bonchev–Trinajstić information content (AvgIpc) is 3.15. The summed E-state index contributed by atoms with van der Waals surface area (Å²) in [6.45, 7) is 1.65. The van der Waals surface area contributed by atoms with Crippen molar-refractivity contribution in [1.29, 1.82) is 0 Å². The van der Waals surface area contributed by atoms with Crippen molar-refractivity contribution in [3.05, 3.63) is 47.5 Å². The molecule has 1 aliphatic heterocycles. The highest BCUT2D eigenvalue weighted by molar-refractivity contribution is 5.94. The smallest absolute Gasteiger partial charge is 0.257 e. The molecule has 23 heavy (non-hydrogen) atoms. The first-order valence-corrected chi connectivity index (χ1v) is 7.94. The number of carbonyl (C=O) groups is 1. The second-order valence-corrected chi connectivity index (χ2v) is 6.39. The summed E-state index contributed by atoms with van der Waals surface area (Å²) in [6.07, 6.45) is 7.29. The van der Waals surface area contributed by atoms with Crippen LogP contribution in [-0.2, 0) is 13.6 Å². The fraction of sp³-hybridized carbons (Fsp3) is 0.471. The first kappa shape index (κ1) is 15.7. The number of nitrogens with zero attached hydrogens (tertiary/aromatic N) is 5. The van der Waals surface area contributed by atoms with Gasteiger partial charge in [-0.2, -0.15) is 5.10 Å². The van der Waals surface area contributed by atoms with Crippen LogP contribution in [0.3, 0.4) is 0 Å². The fourth-order valence-corrected chi connectivity index (χ4v) is 3.11. The van der Waals surface area contributed by atoms with Gasteiger partial charge in [0.1, 0.15) is 0 Å². The van der Waals surface area contributed by atoms with E-state index >= 15 is 0 Å². The van der Waals surface area contributed by atoms with Crippen LogP contribution in [0.25, 0.3) is 0 Å². The predicted octanol–water partition coefficient (Wildman–Crippen LogP) is 1.85. The zero-order valence-electron chi connectivity index (χ0n) is 13.9. The lowest BCUT2D eigenvalue weighted by Crippen LogP contribution is -2.30. The van der Waals surface area contributed by atoms with Crippen LogP contribution in [0, 0.1) is 0 Å². The first-order valence-electron chi connectivity index (χ1n) is 7.94. The Bertz CT molecular complexity index is 677. The molecule has 0 spiro atoms. The second kappa shape index (κ2) is 6.50. The first-order chi connectivity index (χ1) is 11.0. The highest BCUT2D eigenvalue weighted by Crippen LogP contribution is 2.32. The van der Waals surface area contributed by atoms with Crippen LogP contribution in [0.4, 0.5) is 0 Å². The maximum Gasteiger partial charge on any atom is 0.257 e. The number of pyridine rings is 1. The summed E-state index contributed by atoms with van der Waals surface area (Å²) in [6, 6.07) is 4.22. The summed E-state index contributed by atoms with van der Waals surface area (Å²) in [5, 5.41) is 4.09. The van der Waals surface area contributed by atoms with Gasteiger partial charge in [-0.1, -0.05) is 6.07 Å². The molecule has 6 heteroatoms. The van der Waals surface area contributed by atoms with E-state index < -0.39 is 0 Å². The van der Waals surface area contributed by atoms with Gasteiger partial charge in [-0.25, -0.2) is 0 Å². The van der Waals surface area contributed by atoms with Crippen molar-refractivity contribution in [1.82, 2.24) is 24.6 Å². The maximum absolute atomic E-state index is 12.7. The number of carbonyl (C=O) groups excluding carboxylic acids is 1. The number of aryl methyl sites for hydroxylation is 1. The van der Waals surface area contributed by atoms with Gasteiger partial charge in [0.05, 0.1) is 23.5 Å². The molecule has 0 N–H and O–H groups in total. The van der Waals surface area contributed by atoms with Crippen molar-refractivity contribution in [2.75, 3.05) is 20.6 Å². The van der Waals surface area contributed by atoms with Crippen molar-refractivity contribution in [3.63, 3.8) is 0 Å². The van der Waals surface area contributed by atoms with Gasteiger partial charge in [-0.05, 0) is 38.6 Å². The van der Waals surface area contributed by atoms with E-state index in [0.29, 0.717) is 5.56 Å². The standard InChI is InChI=1S/C17H23N5O/c1-20(2)11-13-6-7-15(18-9-13)16-5-4-8-22(16)17(23)14-10-19-21(3)12-14/h6-7,9-10,12,16H,4-5,8,11H2,1-3H3. The van der Waals surface area contributed by atoms with Crippen molar-refractivity contribution in [2.45, 2.75) is 25.4 Å². The average molecular weight is 313 g/mol. The Hall–Kier alpha value is -2.21. The van der Waals surface area contributed by atoms with Gasteiger partial charge < -0.3 is 9.80 Å². The van der Waals surface area contributed by atoms with Crippen LogP contribution in [-0.4, -0.2) is 51.1 Å². The molecule has 2 aromatic heterocycles. The third-order valence-electron chi connectivity index (χ3n) is 4.15. The molecule has 1 amide bonds. The minimum absolute atomic E-state index is 0.0415. The lowest BCUT2D eigenvalue weighted by molar-refractivity contribution is 0.0733.